The molecule has 1 amide bonds. The van der Waals surface area contributed by atoms with Crippen LogP contribution in [0.5, 0.6) is 0 Å². The average molecular weight is 557 g/mol. The molecule has 0 aromatic heterocycles. The number of rotatable bonds is 8. The first-order valence-electron chi connectivity index (χ1n) is 12.0. The molecule has 12 heteroatoms. The fourth-order valence-electron chi connectivity index (χ4n) is 5.15. The van der Waals surface area contributed by atoms with Crippen LogP contribution in [0.25, 0.3) is 0 Å². The zero-order chi connectivity index (χ0) is 29.0. The molecular weight excluding hydrogens is 530 g/mol. The van der Waals surface area contributed by atoms with Crippen LogP contribution in [0.15, 0.2) is 42.5 Å². The van der Waals surface area contributed by atoms with Crippen LogP contribution < -0.4 is 0 Å². The lowest BCUT2D eigenvalue weighted by atomic mass is 9.64. The number of amides is 1. The first kappa shape index (κ1) is 30.0. The molecular formula is C27H26F6N2O4. The van der Waals surface area contributed by atoms with Crippen molar-refractivity contribution in [3.63, 3.8) is 0 Å². The van der Waals surface area contributed by atoms with Crippen LogP contribution in [-0.2, 0) is 24.7 Å². The molecule has 0 N–H and O–H groups in total. The van der Waals surface area contributed by atoms with Crippen LogP contribution >= 0.6 is 0 Å². The first-order chi connectivity index (χ1) is 18.4. The highest BCUT2D eigenvalue weighted by atomic mass is 19.4. The van der Waals surface area contributed by atoms with Crippen LogP contribution in [0.4, 0.5) is 26.3 Å². The van der Waals surface area contributed by atoms with Crippen molar-refractivity contribution in [2.45, 2.75) is 43.9 Å². The number of likely N-dealkylation sites (tertiary alicyclic amines) is 1. The Morgan fingerprint density at radius 3 is 2.18 bits per heavy atom. The van der Waals surface area contributed by atoms with Crippen molar-refractivity contribution >= 4 is 11.9 Å². The van der Waals surface area contributed by atoms with Crippen molar-refractivity contribution in [2.75, 3.05) is 26.8 Å². The van der Waals surface area contributed by atoms with Crippen LogP contribution in [0.3, 0.4) is 0 Å². The van der Waals surface area contributed by atoms with Gasteiger partial charge in [0, 0.05) is 36.7 Å². The monoisotopic (exact) mass is 556 g/mol. The maximum atomic E-state index is 14.7. The molecule has 1 aliphatic rings. The number of nitriles is 1. The van der Waals surface area contributed by atoms with E-state index in [9.17, 15) is 41.2 Å². The minimum atomic E-state index is -5.15. The second kappa shape index (κ2) is 11.7. The van der Waals surface area contributed by atoms with Gasteiger partial charge in [-0.25, -0.2) is 13.2 Å². The first-order valence-corrected chi connectivity index (χ1v) is 12.0. The average Bonchev–Trinajstić information content (AvgIpc) is 2.90. The molecule has 1 fully saturated rings. The van der Waals surface area contributed by atoms with Crippen LogP contribution in [0.2, 0.25) is 0 Å². The molecule has 210 valence electrons. The summed E-state index contributed by atoms with van der Waals surface area (Å²) in [5.74, 6) is -8.56. The molecule has 6 nitrogen and oxygen atoms in total. The summed E-state index contributed by atoms with van der Waals surface area (Å²) in [4.78, 5) is 26.9. The lowest BCUT2D eigenvalue weighted by Gasteiger charge is -2.46. The lowest BCUT2D eigenvalue weighted by molar-refractivity contribution is -0.271. The molecule has 0 aliphatic carbocycles. The zero-order valence-electron chi connectivity index (χ0n) is 21.2. The van der Waals surface area contributed by atoms with E-state index in [-0.39, 0.29) is 32.5 Å². The minimum Gasteiger partial charge on any atom is -0.466 e. The summed E-state index contributed by atoms with van der Waals surface area (Å²) >= 11 is 0. The number of benzene rings is 2. The fourth-order valence-corrected chi connectivity index (χ4v) is 5.15. The summed E-state index contributed by atoms with van der Waals surface area (Å²) in [6, 6.07) is 9.75. The van der Waals surface area contributed by atoms with E-state index in [0.717, 1.165) is 30.2 Å². The quantitative estimate of drug-likeness (QED) is 0.248. The van der Waals surface area contributed by atoms with E-state index in [1.807, 2.05) is 6.07 Å². The van der Waals surface area contributed by atoms with Crippen LogP contribution in [0.1, 0.15) is 43.2 Å². The van der Waals surface area contributed by atoms with Crippen molar-refractivity contribution in [1.82, 2.24) is 4.90 Å². The number of carbonyl (C=O) groups is 2. The van der Waals surface area contributed by atoms with E-state index in [0.29, 0.717) is 6.07 Å². The molecule has 1 unspecified atom stereocenters. The smallest absolute Gasteiger partial charge is 0.430 e. The summed E-state index contributed by atoms with van der Waals surface area (Å²) in [6.07, 6.45) is -6.09. The Morgan fingerprint density at radius 2 is 1.67 bits per heavy atom. The van der Waals surface area contributed by atoms with Gasteiger partial charge in [-0.2, -0.15) is 18.4 Å². The summed E-state index contributed by atoms with van der Waals surface area (Å²) in [5.41, 5.74) is -5.72. The van der Waals surface area contributed by atoms with E-state index < -0.39 is 70.0 Å². The van der Waals surface area contributed by atoms with Gasteiger partial charge in [0.2, 0.25) is 0 Å². The third-order valence-corrected chi connectivity index (χ3v) is 7.15. The standard InChI is InChI=1S/C27H26F6N2O4/c1-3-39-21(36)15-25(19(16-34)18-9-10-20(28)23(30)22(18)29)11-13-35(14-12-25)24(37)26(38-2,27(31,32)33)17-7-5-4-6-8-17/h4-10,19H,3,11-15H2,1-2H3/t19?,26-/m1/s1. The maximum absolute atomic E-state index is 14.7. The Bertz CT molecular complexity index is 1240. The number of methoxy groups -OCH3 is 1. The number of esters is 1. The van der Waals surface area contributed by atoms with Gasteiger partial charge in [-0.3, -0.25) is 9.59 Å². The fraction of sp³-hybridized carbons (Fsp3) is 0.444. The van der Waals surface area contributed by atoms with Crippen molar-refractivity contribution in [3.05, 3.63) is 71.0 Å². The molecule has 0 radical (unpaired) electrons. The van der Waals surface area contributed by atoms with E-state index in [1.54, 1.807) is 0 Å². The highest BCUT2D eigenvalue weighted by Gasteiger charge is 2.64. The topological polar surface area (TPSA) is 79.6 Å². The molecule has 3 rings (SSSR count). The van der Waals surface area contributed by atoms with Crippen LogP contribution in [-0.4, -0.2) is 49.8 Å². The Labute approximate surface area is 221 Å². The Morgan fingerprint density at radius 1 is 1.05 bits per heavy atom. The van der Waals surface area contributed by atoms with E-state index >= 15 is 0 Å². The third-order valence-electron chi connectivity index (χ3n) is 7.15. The van der Waals surface area contributed by atoms with Gasteiger partial charge in [0.15, 0.2) is 17.5 Å². The van der Waals surface area contributed by atoms with Gasteiger partial charge in [0.05, 0.1) is 25.0 Å². The summed E-state index contributed by atoms with van der Waals surface area (Å²) in [6.45, 7) is 0.786. The van der Waals surface area contributed by atoms with Gasteiger partial charge in [0.25, 0.3) is 11.5 Å². The van der Waals surface area contributed by atoms with Crippen LogP contribution in [0, 0.1) is 34.2 Å². The van der Waals surface area contributed by atoms with Crippen molar-refractivity contribution < 1.29 is 45.4 Å². The molecule has 2 atom stereocenters. The van der Waals surface area contributed by atoms with Gasteiger partial charge in [-0.15, -0.1) is 0 Å². The van der Waals surface area contributed by atoms with Gasteiger partial charge in [0.1, 0.15) is 0 Å². The number of carbonyl (C=O) groups excluding carboxylic acids is 2. The van der Waals surface area contributed by atoms with Gasteiger partial charge < -0.3 is 14.4 Å². The summed E-state index contributed by atoms with van der Waals surface area (Å²) < 4.78 is 95.5. The highest BCUT2D eigenvalue weighted by Crippen LogP contribution is 2.50. The second-order valence-electron chi connectivity index (χ2n) is 9.21. The predicted octanol–water partition coefficient (Wildman–Crippen LogP) is 5.38. The van der Waals surface area contributed by atoms with Crippen molar-refractivity contribution in [1.29, 1.82) is 5.26 Å². The number of ether oxygens (including phenoxy) is 2. The van der Waals surface area contributed by atoms with E-state index in [1.165, 1.54) is 25.1 Å². The third kappa shape index (κ3) is 5.45. The summed E-state index contributed by atoms with van der Waals surface area (Å²) in [5, 5.41) is 9.99. The predicted molar refractivity (Wildman–Crippen MR) is 125 cm³/mol. The Kier molecular flexibility index (Phi) is 8.95. The Balaban J connectivity index is 2.01. The molecule has 2 aromatic rings. The molecule has 0 spiro atoms. The second-order valence-corrected chi connectivity index (χ2v) is 9.21. The number of alkyl halides is 3. The lowest BCUT2D eigenvalue weighted by Crippen LogP contribution is -2.59. The number of halogens is 6. The van der Waals surface area contributed by atoms with E-state index in [4.69, 9.17) is 9.47 Å². The molecule has 0 bridgehead atoms. The number of piperidine rings is 1. The highest BCUT2D eigenvalue weighted by molar-refractivity contribution is 5.88. The normalized spacial score (nSPS) is 17.6. The molecule has 1 heterocycles. The Hall–Kier alpha value is -3.59. The minimum absolute atomic E-state index is 0.0186. The molecule has 1 aliphatic heterocycles. The van der Waals surface area contributed by atoms with Crippen molar-refractivity contribution in [2.24, 2.45) is 5.41 Å². The number of hydrogen-bond acceptors (Lipinski definition) is 5. The molecule has 1 saturated heterocycles. The van der Waals surface area contributed by atoms with Crippen molar-refractivity contribution in [3.8, 4) is 6.07 Å². The maximum Gasteiger partial charge on any atom is 0.430 e. The summed E-state index contributed by atoms with van der Waals surface area (Å²) in [7, 11) is 0.769. The SMILES string of the molecule is CCOC(=O)CC1(C(C#N)c2ccc(F)c(F)c2F)CCN(C(=O)[C@](OC)(c2ccccc2)C(F)(F)F)CC1. The van der Waals surface area contributed by atoms with Gasteiger partial charge in [-0.1, -0.05) is 36.4 Å². The van der Waals surface area contributed by atoms with Gasteiger partial charge >= 0.3 is 12.1 Å². The van der Waals surface area contributed by atoms with Gasteiger partial charge in [-0.05, 0) is 25.8 Å². The number of nitrogens with zero attached hydrogens (tertiary/aromatic N) is 2. The molecule has 2 aromatic carbocycles. The van der Waals surface area contributed by atoms with E-state index in [2.05, 4.69) is 0 Å². The molecule has 0 saturated carbocycles. The molecule has 39 heavy (non-hydrogen) atoms. The zero-order valence-corrected chi connectivity index (χ0v) is 21.2. The largest absolute Gasteiger partial charge is 0.466 e. The number of hydrogen-bond donors (Lipinski definition) is 0.